The molecule has 0 amide bonds. The molecule has 0 aliphatic heterocycles. The average Bonchev–Trinajstić information content (AvgIpc) is 2.06. The number of aryl methyl sites for hydroxylation is 1. The molecule has 0 aromatic carbocycles. The van der Waals surface area contributed by atoms with Gasteiger partial charge in [0.05, 0.1) is 11.2 Å². The number of hydrogen-bond acceptors (Lipinski definition) is 2. The molecule has 0 radical (unpaired) electrons. The fourth-order valence-corrected chi connectivity index (χ4v) is 0.928. The van der Waals surface area contributed by atoms with E-state index in [2.05, 4.69) is 16.9 Å². The van der Waals surface area contributed by atoms with Gasteiger partial charge in [-0.05, 0) is 6.92 Å². The highest BCUT2D eigenvalue weighted by Gasteiger charge is 2.03. The molecule has 0 N–H and O–H groups in total. The van der Waals surface area contributed by atoms with Crippen LogP contribution in [0, 0.1) is 11.8 Å². The van der Waals surface area contributed by atoms with Crippen molar-refractivity contribution in [2.24, 2.45) is 7.05 Å². The highest BCUT2D eigenvalue weighted by atomic mass is 35.5. The van der Waals surface area contributed by atoms with Gasteiger partial charge in [0, 0.05) is 7.05 Å². The van der Waals surface area contributed by atoms with E-state index in [0.29, 0.717) is 10.6 Å². The molecule has 0 aliphatic carbocycles. The van der Waals surface area contributed by atoms with Crippen LogP contribution in [0.25, 0.3) is 0 Å². The molecule has 0 unspecified atom stereocenters. The smallest absolute Gasteiger partial charge is 0.266 e. The van der Waals surface area contributed by atoms with Crippen molar-refractivity contribution in [3.05, 3.63) is 27.1 Å². The zero-order chi connectivity index (χ0) is 9.14. The third kappa shape index (κ3) is 1.49. The lowest BCUT2D eigenvalue weighted by molar-refractivity contribution is 0.705. The molecular weight excluding hydrogens is 176 g/mol. The summed E-state index contributed by atoms with van der Waals surface area (Å²) in [6.45, 7) is 1.65. The second kappa shape index (κ2) is 3.42. The van der Waals surface area contributed by atoms with Gasteiger partial charge in [-0.2, -0.15) is 5.10 Å². The molecule has 0 aliphatic rings. The lowest BCUT2D eigenvalue weighted by Gasteiger charge is -1.97. The molecular formula is C8H7ClN2O. The van der Waals surface area contributed by atoms with E-state index in [1.54, 1.807) is 14.0 Å². The van der Waals surface area contributed by atoms with Gasteiger partial charge in [0.2, 0.25) is 0 Å². The summed E-state index contributed by atoms with van der Waals surface area (Å²) < 4.78 is 1.20. The van der Waals surface area contributed by atoms with E-state index in [0.717, 1.165) is 0 Å². The fourth-order valence-electron chi connectivity index (χ4n) is 0.756. The van der Waals surface area contributed by atoms with Crippen LogP contribution < -0.4 is 5.56 Å². The summed E-state index contributed by atoms with van der Waals surface area (Å²) in [6.07, 6.45) is 1.41. The molecule has 0 bridgehead atoms. The van der Waals surface area contributed by atoms with Crippen molar-refractivity contribution < 1.29 is 0 Å². The molecule has 0 fully saturated rings. The van der Waals surface area contributed by atoms with Gasteiger partial charge in [0.1, 0.15) is 5.56 Å². The van der Waals surface area contributed by atoms with Gasteiger partial charge in [-0.1, -0.05) is 17.5 Å². The van der Waals surface area contributed by atoms with Crippen LogP contribution in [0.1, 0.15) is 12.5 Å². The first-order valence-electron chi connectivity index (χ1n) is 3.31. The first kappa shape index (κ1) is 8.82. The Morgan fingerprint density at radius 2 is 2.33 bits per heavy atom. The summed E-state index contributed by atoms with van der Waals surface area (Å²) in [7, 11) is 1.56. The van der Waals surface area contributed by atoms with Gasteiger partial charge >= 0.3 is 0 Å². The standard InChI is InChI=1S/C8H7ClN2O/c1-3-4-6-7(9)5-10-11(2)8(6)12/h5H,1-2H3. The Morgan fingerprint density at radius 1 is 1.67 bits per heavy atom. The third-order valence-electron chi connectivity index (χ3n) is 1.34. The molecule has 0 spiro atoms. The van der Waals surface area contributed by atoms with Gasteiger partial charge in [0.25, 0.3) is 5.56 Å². The van der Waals surface area contributed by atoms with Crippen LogP contribution in [0.4, 0.5) is 0 Å². The van der Waals surface area contributed by atoms with Crippen LogP contribution in [0.3, 0.4) is 0 Å². The van der Waals surface area contributed by atoms with Crippen molar-refractivity contribution in [3.63, 3.8) is 0 Å². The maximum absolute atomic E-state index is 11.3. The Balaban J connectivity index is 3.51. The molecule has 1 aromatic heterocycles. The lowest BCUT2D eigenvalue weighted by atomic mass is 10.3. The van der Waals surface area contributed by atoms with Crippen molar-refractivity contribution in [1.82, 2.24) is 9.78 Å². The van der Waals surface area contributed by atoms with Gasteiger partial charge in [-0.25, -0.2) is 4.68 Å². The molecule has 0 saturated heterocycles. The number of nitrogens with zero attached hydrogens (tertiary/aromatic N) is 2. The van der Waals surface area contributed by atoms with Gasteiger partial charge in [0.15, 0.2) is 0 Å². The van der Waals surface area contributed by atoms with Crippen LogP contribution >= 0.6 is 11.6 Å². The third-order valence-corrected chi connectivity index (χ3v) is 1.63. The van der Waals surface area contributed by atoms with Crippen molar-refractivity contribution in [2.75, 3.05) is 0 Å². The topological polar surface area (TPSA) is 34.9 Å². The molecule has 4 heteroatoms. The molecule has 1 rings (SSSR count). The quantitative estimate of drug-likeness (QED) is 0.557. The number of halogens is 1. The van der Waals surface area contributed by atoms with Gasteiger partial charge < -0.3 is 0 Å². The molecule has 62 valence electrons. The van der Waals surface area contributed by atoms with Crippen LogP contribution in [0.5, 0.6) is 0 Å². The normalized spacial score (nSPS) is 8.92. The Hall–Kier alpha value is -1.27. The minimum absolute atomic E-state index is 0.267. The molecule has 0 atom stereocenters. The molecule has 3 nitrogen and oxygen atoms in total. The van der Waals surface area contributed by atoms with Crippen LogP contribution in [-0.4, -0.2) is 9.78 Å². The number of rotatable bonds is 0. The summed E-state index contributed by atoms with van der Waals surface area (Å²) >= 11 is 5.70. The first-order valence-corrected chi connectivity index (χ1v) is 3.69. The van der Waals surface area contributed by atoms with Crippen molar-refractivity contribution >= 4 is 11.6 Å². The molecule has 1 aromatic rings. The second-order valence-electron chi connectivity index (χ2n) is 2.17. The minimum Gasteiger partial charge on any atom is -0.266 e. The molecule has 1 heterocycles. The van der Waals surface area contributed by atoms with E-state index in [1.807, 2.05) is 0 Å². The fraction of sp³-hybridized carbons (Fsp3) is 0.250. The zero-order valence-corrected chi connectivity index (χ0v) is 7.51. The summed E-state index contributed by atoms with van der Waals surface area (Å²) in [5.41, 5.74) is 0.0357. The minimum atomic E-state index is -0.267. The van der Waals surface area contributed by atoms with E-state index in [9.17, 15) is 4.79 Å². The maximum atomic E-state index is 11.3. The first-order chi connectivity index (χ1) is 5.66. The van der Waals surface area contributed by atoms with Crippen molar-refractivity contribution in [1.29, 1.82) is 0 Å². The Kier molecular flexibility index (Phi) is 2.51. The predicted octanol–water partition coefficient (Wildman–Crippen LogP) is 0.805. The van der Waals surface area contributed by atoms with E-state index < -0.39 is 0 Å². The summed E-state index contributed by atoms with van der Waals surface area (Å²) in [6, 6.07) is 0. The van der Waals surface area contributed by atoms with E-state index >= 15 is 0 Å². The highest BCUT2D eigenvalue weighted by Crippen LogP contribution is 2.06. The number of aromatic nitrogens is 2. The van der Waals surface area contributed by atoms with Crippen molar-refractivity contribution in [2.45, 2.75) is 6.92 Å². The lowest BCUT2D eigenvalue weighted by Crippen LogP contribution is -2.21. The summed E-state index contributed by atoms with van der Waals surface area (Å²) in [5, 5.41) is 4.02. The second-order valence-corrected chi connectivity index (χ2v) is 2.58. The number of hydrogen-bond donors (Lipinski definition) is 0. The SMILES string of the molecule is CC#Cc1c(Cl)cnn(C)c1=O. The zero-order valence-electron chi connectivity index (χ0n) is 6.76. The van der Waals surface area contributed by atoms with Gasteiger partial charge in [-0.15, -0.1) is 5.92 Å². The van der Waals surface area contributed by atoms with Gasteiger partial charge in [-0.3, -0.25) is 4.79 Å². The maximum Gasteiger partial charge on any atom is 0.283 e. The van der Waals surface area contributed by atoms with Crippen LogP contribution in [0.2, 0.25) is 5.02 Å². The van der Waals surface area contributed by atoms with E-state index in [-0.39, 0.29) is 5.56 Å². The Bertz CT molecular complexity index is 411. The highest BCUT2D eigenvalue weighted by molar-refractivity contribution is 6.31. The predicted molar refractivity (Wildman–Crippen MR) is 47.0 cm³/mol. The monoisotopic (exact) mass is 182 g/mol. The molecule has 12 heavy (non-hydrogen) atoms. The van der Waals surface area contributed by atoms with E-state index in [1.165, 1.54) is 10.9 Å². The Morgan fingerprint density at radius 3 is 2.92 bits per heavy atom. The largest absolute Gasteiger partial charge is 0.283 e. The van der Waals surface area contributed by atoms with Crippen LogP contribution in [-0.2, 0) is 7.05 Å². The van der Waals surface area contributed by atoms with Crippen LogP contribution in [0.15, 0.2) is 11.0 Å². The summed E-state index contributed by atoms with van der Waals surface area (Å²) in [5.74, 6) is 5.25. The van der Waals surface area contributed by atoms with Crippen molar-refractivity contribution in [3.8, 4) is 11.8 Å². The molecule has 0 saturated carbocycles. The average molecular weight is 183 g/mol. The van der Waals surface area contributed by atoms with E-state index in [4.69, 9.17) is 11.6 Å². The summed E-state index contributed by atoms with van der Waals surface area (Å²) in [4.78, 5) is 11.3. The Labute approximate surface area is 75.0 Å².